The van der Waals surface area contributed by atoms with Gasteiger partial charge in [-0.2, -0.15) is 5.10 Å². The second-order valence-electron chi connectivity index (χ2n) is 8.25. The van der Waals surface area contributed by atoms with E-state index in [-0.39, 0.29) is 24.5 Å². The summed E-state index contributed by atoms with van der Waals surface area (Å²) in [5.41, 5.74) is 4.17. The Kier molecular flexibility index (Phi) is 10.6. The topological polar surface area (TPSA) is 146 Å². The summed E-state index contributed by atoms with van der Waals surface area (Å²) in [5.74, 6) is 0.337. The van der Waals surface area contributed by atoms with Crippen LogP contribution in [0.4, 0.5) is 4.79 Å². The molecule has 13 heteroatoms. The van der Waals surface area contributed by atoms with Gasteiger partial charge < -0.3 is 34.3 Å². The highest BCUT2D eigenvalue weighted by molar-refractivity contribution is 6.32. The average molecular weight is 575 g/mol. The third-order valence-corrected chi connectivity index (χ3v) is 5.86. The van der Waals surface area contributed by atoms with Gasteiger partial charge in [0.2, 0.25) is 0 Å². The molecule has 1 heterocycles. The summed E-state index contributed by atoms with van der Waals surface area (Å²) in [4.78, 5) is 37.0. The van der Waals surface area contributed by atoms with Gasteiger partial charge in [0.15, 0.2) is 29.6 Å². The molecule has 0 aliphatic carbocycles. The van der Waals surface area contributed by atoms with Gasteiger partial charge in [-0.25, -0.2) is 15.0 Å². The minimum Gasteiger partial charge on any atom is -0.493 e. The number of hydrogen-bond acceptors (Lipinski definition) is 9. The van der Waals surface area contributed by atoms with Crippen molar-refractivity contribution in [3.63, 3.8) is 0 Å². The number of halogens is 1. The molecule has 3 rings (SSSR count). The first-order valence-electron chi connectivity index (χ1n) is 12.3. The van der Waals surface area contributed by atoms with Crippen molar-refractivity contribution in [3.05, 3.63) is 57.8 Å². The van der Waals surface area contributed by atoms with Crippen LogP contribution in [-0.2, 0) is 14.3 Å². The second-order valence-corrected chi connectivity index (χ2v) is 8.66. The molecular weight excluding hydrogens is 544 g/mol. The molecule has 3 N–H and O–H groups in total. The minimum absolute atomic E-state index is 0.181. The van der Waals surface area contributed by atoms with Gasteiger partial charge in [-0.15, -0.1) is 0 Å². The van der Waals surface area contributed by atoms with Crippen molar-refractivity contribution in [2.75, 3.05) is 34.0 Å². The number of ether oxygens (including phenoxy) is 5. The Morgan fingerprint density at radius 2 is 1.82 bits per heavy atom. The summed E-state index contributed by atoms with van der Waals surface area (Å²) < 4.78 is 27.0. The fraction of sp³-hybridized carbons (Fsp3) is 0.333. The summed E-state index contributed by atoms with van der Waals surface area (Å²) in [6.45, 7) is 5.39. The molecule has 0 saturated heterocycles. The van der Waals surface area contributed by atoms with Crippen molar-refractivity contribution in [1.29, 1.82) is 0 Å². The maximum absolute atomic E-state index is 12.6. The number of hydrogen-bond donors (Lipinski definition) is 3. The highest BCUT2D eigenvalue weighted by atomic mass is 35.5. The zero-order valence-corrected chi connectivity index (χ0v) is 23.5. The van der Waals surface area contributed by atoms with Crippen LogP contribution in [0.3, 0.4) is 0 Å². The normalized spacial score (nSPS) is 14.8. The molecule has 0 spiro atoms. The lowest BCUT2D eigenvalue weighted by atomic mass is 9.95. The quantitative estimate of drug-likeness (QED) is 0.198. The second kappa shape index (κ2) is 14.1. The molecular formula is C27H31ClN4O8. The SMILES string of the molecule is CCOC(=O)C1=C(C)NC(=O)N[C@H]1c1ccc(OCC(=O)N/N=C\c2cc(Cl)c(OC)c(OCC)c2)c(OC)c1. The van der Waals surface area contributed by atoms with E-state index in [2.05, 4.69) is 21.2 Å². The molecule has 0 fully saturated rings. The number of allylic oxidation sites excluding steroid dienone is 1. The molecule has 214 valence electrons. The Labute approximate surface area is 236 Å². The lowest BCUT2D eigenvalue weighted by Crippen LogP contribution is -2.45. The lowest BCUT2D eigenvalue weighted by Gasteiger charge is -2.28. The number of amides is 3. The predicted octanol–water partition coefficient (Wildman–Crippen LogP) is 3.48. The number of carbonyl (C=O) groups is 3. The average Bonchev–Trinajstić information content (AvgIpc) is 2.91. The first-order valence-corrected chi connectivity index (χ1v) is 12.7. The van der Waals surface area contributed by atoms with E-state index in [1.54, 1.807) is 44.2 Å². The third-order valence-electron chi connectivity index (χ3n) is 5.58. The predicted molar refractivity (Wildman–Crippen MR) is 147 cm³/mol. The van der Waals surface area contributed by atoms with Gasteiger partial charge in [-0.05, 0) is 56.2 Å². The maximum atomic E-state index is 12.6. The van der Waals surface area contributed by atoms with Crippen LogP contribution in [-0.4, -0.2) is 58.2 Å². The molecule has 40 heavy (non-hydrogen) atoms. The molecule has 0 unspecified atom stereocenters. The van der Waals surface area contributed by atoms with Crippen molar-refractivity contribution in [2.45, 2.75) is 26.8 Å². The van der Waals surface area contributed by atoms with Crippen molar-refractivity contribution < 1.29 is 38.1 Å². The zero-order chi connectivity index (χ0) is 29.2. The number of urea groups is 1. The summed E-state index contributed by atoms with van der Waals surface area (Å²) >= 11 is 6.24. The van der Waals surface area contributed by atoms with Gasteiger partial charge in [0, 0.05) is 5.70 Å². The molecule has 2 aromatic carbocycles. The number of hydrazone groups is 1. The largest absolute Gasteiger partial charge is 0.493 e. The fourth-order valence-electron chi connectivity index (χ4n) is 3.88. The van der Waals surface area contributed by atoms with Crippen LogP contribution in [0.25, 0.3) is 0 Å². The minimum atomic E-state index is -0.775. The van der Waals surface area contributed by atoms with E-state index < -0.39 is 23.9 Å². The van der Waals surface area contributed by atoms with Crippen LogP contribution in [0.5, 0.6) is 23.0 Å². The van der Waals surface area contributed by atoms with E-state index >= 15 is 0 Å². The van der Waals surface area contributed by atoms with Crippen LogP contribution in [0, 0.1) is 0 Å². The number of methoxy groups -OCH3 is 2. The molecule has 0 aromatic heterocycles. The number of nitrogens with zero attached hydrogens (tertiary/aromatic N) is 1. The zero-order valence-electron chi connectivity index (χ0n) is 22.8. The Hall–Kier alpha value is -4.45. The monoisotopic (exact) mass is 574 g/mol. The lowest BCUT2D eigenvalue weighted by molar-refractivity contribution is -0.139. The standard InChI is InChI=1S/C27H31ClN4O8/c1-6-38-21-11-16(10-18(28)25(21)37-5)13-29-32-22(33)14-40-19-9-8-17(12-20(19)36-4)24-23(26(34)39-7-2)15(3)30-27(35)31-24/h8-13,24H,6-7,14H2,1-5H3,(H,32,33)(H2,30,31,35)/b29-13-/t24-/m0/s1. The van der Waals surface area contributed by atoms with Crippen LogP contribution in [0.2, 0.25) is 5.02 Å². The van der Waals surface area contributed by atoms with Crippen LogP contribution >= 0.6 is 11.6 Å². The Morgan fingerprint density at radius 1 is 1.05 bits per heavy atom. The number of rotatable bonds is 12. The van der Waals surface area contributed by atoms with Gasteiger partial charge in [-0.1, -0.05) is 17.7 Å². The Morgan fingerprint density at radius 3 is 2.50 bits per heavy atom. The number of carbonyl (C=O) groups excluding carboxylic acids is 3. The third kappa shape index (κ3) is 7.35. The molecule has 0 radical (unpaired) electrons. The molecule has 0 bridgehead atoms. The van der Waals surface area contributed by atoms with E-state index in [1.165, 1.54) is 20.4 Å². The number of benzene rings is 2. The van der Waals surface area contributed by atoms with Crippen molar-refractivity contribution in [2.24, 2.45) is 5.10 Å². The Balaban J connectivity index is 1.68. The van der Waals surface area contributed by atoms with E-state index in [9.17, 15) is 14.4 Å². The van der Waals surface area contributed by atoms with Gasteiger partial charge in [-0.3, -0.25) is 4.79 Å². The van der Waals surface area contributed by atoms with Gasteiger partial charge in [0.25, 0.3) is 5.91 Å². The van der Waals surface area contributed by atoms with Crippen molar-refractivity contribution >= 4 is 35.7 Å². The van der Waals surface area contributed by atoms with Crippen LogP contribution < -0.4 is 35.0 Å². The van der Waals surface area contributed by atoms with E-state index in [1.807, 2.05) is 6.92 Å². The van der Waals surface area contributed by atoms with E-state index in [0.717, 1.165) is 0 Å². The number of nitrogens with one attached hydrogen (secondary N) is 3. The summed E-state index contributed by atoms with van der Waals surface area (Å²) in [6, 6.07) is 6.91. The first kappa shape index (κ1) is 30.1. The van der Waals surface area contributed by atoms with Gasteiger partial charge in [0.05, 0.1) is 50.3 Å². The highest BCUT2D eigenvalue weighted by Crippen LogP contribution is 2.36. The summed E-state index contributed by atoms with van der Waals surface area (Å²) in [5, 5.41) is 9.58. The maximum Gasteiger partial charge on any atom is 0.338 e. The first-order chi connectivity index (χ1) is 19.2. The highest BCUT2D eigenvalue weighted by Gasteiger charge is 2.32. The molecule has 2 aromatic rings. The smallest absolute Gasteiger partial charge is 0.338 e. The molecule has 12 nitrogen and oxygen atoms in total. The Bertz CT molecular complexity index is 1330. The van der Waals surface area contributed by atoms with E-state index in [0.29, 0.717) is 45.7 Å². The van der Waals surface area contributed by atoms with Crippen molar-refractivity contribution in [3.8, 4) is 23.0 Å². The number of esters is 1. The van der Waals surface area contributed by atoms with Gasteiger partial charge in [0.1, 0.15) is 0 Å². The summed E-state index contributed by atoms with van der Waals surface area (Å²) in [7, 11) is 2.92. The molecule has 0 saturated carbocycles. The molecule has 1 aliphatic heterocycles. The van der Waals surface area contributed by atoms with Gasteiger partial charge >= 0.3 is 12.0 Å². The molecule has 3 amide bonds. The van der Waals surface area contributed by atoms with Crippen molar-refractivity contribution in [1.82, 2.24) is 16.1 Å². The molecule has 1 aliphatic rings. The fourth-order valence-corrected chi connectivity index (χ4v) is 4.18. The summed E-state index contributed by atoms with van der Waals surface area (Å²) in [6.07, 6.45) is 1.41. The van der Waals surface area contributed by atoms with Crippen LogP contribution in [0.15, 0.2) is 46.7 Å². The molecule has 1 atom stereocenters. The van der Waals surface area contributed by atoms with Crippen LogP contribution in [0.1, 0.15) is 37.9 Å². The van der Waals surface area contributed by atoms with E-state index in [4.69, 9.17) is 35.3 Å².